The van der Waals surface area contributed by atoms with Gasteiger partial charge in [-0.1, -0.05) is 0 Å². The van der Waals surface area contributed by atoms with Crippen molar-refractivity contribution >= 4 is 17.7 Å². The number of amides is 3. The monoisotopic (exact) mass is 503 g/mol. The molecule has 0 saturated heterocycles. The maximum atomic E-state index is 12.4. The first-order valence-electron chi connectivity index (χ1n) is 10.7. The van der Waals surface area contributed by atoms with Crippen LogP contribution in [0.2, 0.25) is 0 Å². The van der Waals surface area contributed by atoms with Crippen LogP contribution in [0.5, 0.6) is 0 Å². The predicted molar refractivity (Wildman–Crippen MR) is 96.9 cm³/mol. The van der Waals surface area contributed by atoms with Crippen LogP contribution >= 0.6 is 0 Å². The number of hydrogen-bond acceptors (Lipinski definition) is 6. The first-order chi connectivity index (χ1) is 15.7. The van der Waals surface area contributed by atoms with Gasteiger partial charge in [-0.15, -0.1) is 26.3 Å². The average molecular weight is 503 g/mol. The lowest BCUT2D eigenvalue weighted by molar-refractivity contribution is -0.357. The molecule has 5 saturated carbocycles. The number of nitrogens with one attached hydrogen (secondary N) is 3. The molecule has 5 rings (SSSR count). The summed E-state index contributed by atoms with van der Waals surface area (Å²) in [6, 6.07) is 0. The molecule has 3 N–H and O–H groups in total. The van der Waals surface area contributed by atoms with Gasteiger partial charge in [0.05, 0.1) is 24.2 Å². The molecule has 0 aromatic carbocycles. The minimum absolute atomic E-state index is 0.0455. The summed E-state index contributed by atoms with van der Waals surface area (Å²) >= 11 is 0. The molecule has 5 aliphatic rings. The molecule has 0 aromatic rings. The molecule has 0 aromatic heterocycles. The van der Waals surface area contributed by atoms with E-state index in [-0.39, 0.29) is 25.9 Å². The van der Waals surface area contributed by atoms with Crippen LogP contribution in [0.15, 0.2) is 0 Å². The van der Waals surface area contributed by atoms with Crippen molar-refractivity contribution in [2.75, 3.05) is 13.2 Å². The Morgan fingerprint density at radius 1 is 0.882 bits per heavy atom. The lowest BCUT2D eigenvalue weighted by atomic mass is 9.39. The Morgan fingerprint density at radius 2 is 1.53 bits per heavy atom. The zero-order chi connectivity index (χ0) is 24.9. The summed E-state index contributed by atoms with van der Waals surface area (Å²) in [4.78, 5) is 36.4. The van der Waals surface area contributed by atoms with E-state index in [0.29, 0.717) is 19.3 Å². The van der Waals surface area contributed by atoms with Gasteiger partial charge in [-0.05, 0) is 31.6 Å². The summed E-state index contributed by atoms with van der Waals surface area (Å²) in [5.74, 6) is -2.69. The van der Waals surface area contributed by atoms with E-state index in [1.165, 1.54) is 0 Å². The number of halogens is 6. The molecule has 34 heavy (non-hydrogen) atoms. The standard InChI is InChI=1S/C19H23F6N3O6/c20-18(21,22)33-4-9-1-12(9)14(30)27-28-15(31)16-6-17(7-16,8-16)26-13(29)5-32-10-2-11(3-10)34-19(23,24)25/h9-12H,1-8H2,(H,26,29)(H,27,30)(H,28,31)/t9-,10-,11+,12+,16?,17?/m0/s1. The van der Waals surface area contributed by atoms with Gasteiger partial charge in [-0.2, -0.15) is 0 Å². The molecule has 0 aliphatic heterocycles. The zero-order valence-electron chi connectivity index (χ0n) is 17.7. The van der Waals surface area contributed by atoms with E-state index in [2.05, 4.69) is 25.6 Å². The maximum Gasteiger partial charge on any atom is 0.522 e. The zero-order valence-corrected chi connectivity index (χ0v) is 17.7. The second-order valence-corrected chi connectivity index (χ2v) is 9.53. The largest absolute Gasteiger partial charge is 0.522 e. The van der Waals surface area contributed by atoms with Gasteiger partial charge in [0.25, 0.3) is 0 Å². The number of carbonyl (C=O) groups excluding carboxylic acids is 3. The van der Waals surface area contributed by atoms with E-state index in [0.717, 1.165) is 0 Å². The first-order valence-corrected chi connectivity index (χ1v) is 10.7. The number of alkyl halides is 6. The predicted octanol–water partition coefficient (Wildman–Crippen LogP) is 1.43. The first kappa shape index (κ1) is 25.0. The van der Waals surface area contributed by atoms with E-state index in [4.69, 9.17) is 4.74 Å². The Labute approximate surface area is 189 Å². The summed E-state index contributed by atoms with van der Waals surface area (Å²) in [5, 5.41) is 2.77. The van der Waals surface area contributed by atoms with E-state index < -0.39 is 72.1 Å². The van der Waals surface area contributed by atoms with Crippen molar-refractivity contribution in [2.45, 2.75) is 69.0 Å². The van der Waals surface area contributed by atoms with Gasteiger partial charge in [0.2, 0.25) is 17.7 Å². The molecule has 0 heterocycles. The highest BCUT2D eigenvalue weighted by Crippen LogP contribution is 2.67. The van der Waals surface area contributed by atoms with Crippen molar-refractivity contribution < 1.29 is 54.9 Å². The minimum atomic E-state index is -4.76. The number of carbonyl (C=O) groups is 3. The van der Waals surface area contributed by atoms with Crippen LogP contribution in [-0.4, -0.2) is 61.4 Å². The third kappa shape index (κ3) is 5.74. The van der Waals surface area contributed by atoms with Gasteiger partial charge in [-0.25, -0.2) is 0 Å². The molecular formula is C19H23F6N3O6. The molecule has 3 amide bonds. The fraction of sp³-hybridized carbons (Fsp3) is 0.842. The third-order valence-electron chi connectivity index (χ3n) is 6.74. The minimum Gasteiger partial charge on any atom is -0.368 e. The summed E-state index contributed by atoms with van der Waals surface area (Å²) in [6.45, 7) is -0.935. The second-order valence-electron chi connectivity index (χ2n) is 9.53. The van der Waals surface area contributed by atoms with Gasteiger partial charge in [0, 0.05) is 24.3 Å². The van der Waals surface area contributed by atoms with Gasteiger partial charge in [0.15, 0.2) is 0 Å². The summed E-state index contributed by atoms with van der Waals surface area (Å²) in [5.41, 5.74) is 3.22. The fourth-order valence-corrected chi connectivity index (χ4v) is 4.92. The highest BCUT2D eigenvalue weighted by Gasteiger charge is 2.72. The molecule has 192 valence electrons. The lowest BCUT2D eigenvalue weighted by Crippen LogP contribution is -2.79. The Kier molecular flexibility index (Phi) is 6.26. The summed E-state index contributed by atoms with van der Waals surface area (Å²) in [6.07, 6.45) is -9.54. The number of hydrogen-bond donors (Lipinski definition) is 3. The Hall–Kier alpha value is -2.13. The van der Waals surface area contributed by atoms with Crippen molar-refractivity contribution in [2.24, 2.45) is 17.3 Å². The molecule has 2 atom stereocenters. The van der Waals surface area contributed by atoms with Gasteiger partial charge >= 0.3 is 12.7 Å². The average Bonchev–Trinajstić information content (AvgIpc) is 3.39. The van der Waals surface area contributed by atoms with Gasteiger partial charge in [-0.3, -0.25) is 34.7 Å². The van der Waals surface area contributed by atoms with Crippen LogP contribution in [0.25, 0.3) is 0 Å². The molecule has 0 unspecified atom stereocenters. The maximum absolute atomic E-state index is 12.4. The Bertz CT molecular complexity index is 824. The van der Waals surface area contributed by atoms with Crippen molar-refractivity contribution in [3.63, 3.8) is 0 Å². The second kappa shape index (κ2) is 8.52. The number of hydrazine groups is 1. The molecule has 5 fully saturated rings. The molecule has 5 aliphatic carbocycles. The van der Waals surface area contributed by atoms with Crippen LogP contribution < -0.4 is 16.2 Å². The van der Waals surface area contributed by atoms with Crippen LogP contribution in [-0.2, 0) is 28.6 Å². The smallest absolute Gasteiger partial charge is 0.368 e. The normalized spacial score (nSPS) is 35.8. The van der Waals surface area contributed by atoms with Crippen LogP contribution in [0.4, 0.5) is 26.3 Å². The lowest BCUT2D eigenvalue weighted by Gasteiger charge is -2.68. The fourth-order valence-electron chi connectivity index (χ4n) is 4.92. The summed E-state index contributed by atoms with van der Waals surface area (Å²) < 4.78 is 85.1. The van der Waals surface area contributed by atoms with E-state index in [1.54, 1.807) is 0 Å². The molecule has 2 bridgehead atoms. The number of ether oxygens (including phenoxy) is 3. The number of rotatable bonds is 9. The topological polar surface area (TPSA) is 115 Å². The van der Waals surface area contributed by atoms with Crippen LogP contribution in [0.1, 0.15) is 38.5 Å². The SMILES string of the molecule is O=C(CO[C@H]1C[C@@H](OC(F)(F)F)C1)NC12CC(C(=O)NNC(=O)[C@@H]3C[C@H]3COC(F)(F)F)(C1)C2. The van der Waals surface area contributed by atoms with E-state index in [1.807, 2.05) is 0 Å². The molecule has 9 nitrogen and oxygen atoms in total. The van der Waals surface area contributed by atoms with Crippen molar-refractivity contribution in [3.05, 3.63) is 0 Å². The van der Waals surface area contributed by atoms with Crippen molar-refractivity contribution in [1.29, 1.82) is 0 Å². The quantitative estimate of drug-likeness (QED) is 0.324. The highest BCUT2D eigenvalue weighted by molar-refractivity contribution is 5.91. The molecule has 0 radical (unpaired) electrons. The van der Waals surface area contributed by atoms with Crippen molar-refractivity contribution in [1.82, 2.24) is 16.2 Å². The third-order valence-corrected chi connectivity index (χ3v) is 6.74. The molecule has 15 heteroatoms. The summed E-state index contributed by atoms with van der Waals surface area (Å²) in [7, 11) is 0. The highest BCUT2D eigenvalue weighted by atomic mass is 19.4. The molecular weight excluding hydrogens is 480 g/mol. The van der Waals surface area contributed by atoms with E-state index >= 15 is 0 Å². The van der Waals surface area contributed by atoms with E-state index in [9.17, 15) is 40.7 Å². The van der Waals surface area contributed by atoms with Crippen LogP contribution in [0.3, 0.4) is 0 Å². The van der Waals surface area contributed by atoms with Gasteiger partial charge in [0.1, 0.15) is 6.61 Å². The molecule has 0 spiro atoms. The Morgan fingerprint density at radius 3 is 2.12 bits per heavy atom. The van der Waals surface area contributed by atoms with Gasteiger partial charge < -0.3 is 10.1 Å². The van der Waals surface area contributed by atoms with Crippen molar-refractivity contribution in [3.8, 4) is 0 Å². The van der Waals surface area contributed by atoms with Crippen LogP contribution in [0, 0.1) is 17.3 Å². The Balaban J connectivity index is 1.07.